The van der Waals surface area contributed by atoms with Gasteiger partial charge in [0.25, 0.3) is 10.0 Å². The molecule has 4 rings (SSSR count). The highest BCUT2D eigenvalue weighted by Gasteiger charge is 2.15. The van der Waals surface area contributed by atoms with E-state index in [-0.39, 0.29) is 10.5 Å². The van der Waals surface area contributed by atoms with Crippen LogP contribution in [0.4, 0.5) is 5.69 Å². The van der Waals surface area contributed by atoms with Crippen molar-refractivity contribution in [3.05, 3.63) is 84.2 Å². The molecule has 4 aromatic rings. The van der Waals surface area contributed by atoms with Gasteiger partial charge in [-0.2, -0.15) is 0 Å². The standard InChI is InChI=1S/C21H17N5O4S/c1-14-5-7-18(8-6-14)31(29,30)24-16-3-2-4-17(12-16)26-13-20(23-25-26)19-11-15(21(27)28)9-10-22-19/h2-13,24H,1H3,(H,27,28). The smallest absolute Gasteiger partial charge is 0.335 e. The average molecular weight is 435 g/mol. The summed E-state index contributed by atoms with van der Waals surface area (Å²) < 4.78 is 29.3. The van der Waals surface area contributed by atoms with Gasteiger partial charge in [0.05, 0.1) is 33.7 Å². The number of anilines is 1. The van der Waals surface area contributed by atoms with E-state index in [1.807, 2.05) is 6.92 Å². The van der Waals surface area contributed by atoms with E-state index >= 15 is 0 Å². The molecular weight excluding hydrogens is 418 g/mol. The molecule has 0 aliphatic carbocycles. The molecule has 0 amide bonds. The fourth-order valence-electron chi connectivity index (χ4n) is 2.85. The number of hydrogen-bond acceptors (Lipinski definition) is 6. The molecule has 9 nitrogen and oxygen atoms in total. The van der Waals surface area contributed by atoms with Crippen LogP contribution in [0.2, 0.25) is 0 Å². The second kappa shape index (κ2) is 8.00. The van der Waals surface area contributed by atoms with Gasteiger partial charge >= 0.3 is 5.97 Å². The van der Waals surface area contributed by atoms with Crippen LogP contribution in [0, 0.1) is 6.92 Å². The predicted molar refractivity (Wildman–Crippen MR) is 114 cm³/mol. The lowest BCUT2D eigenvalue weighted by atomic mass is 10.2. The lowest BCUT2D eigenvalue weighted by molar-refractivity contribution is 0.0696. The lowest BCUT2D eigenvalue weighted by Gasteiger charge is -2.09. The fourth-order valence-corrected chi connectivity index (χ4v) is 3.90. The minimum Gasteiger partial charge on any atom is -0.478 e. The van der Waals surface area contributed by atoms with Crippen LogP contribution in [-0.2, 0) is 10.0 Å². The number of carbonyl (C=O) groups is 1. The van der Waals surface area contributed by atoms with Crippen LogP contribution in [0.1, 0.15) is 15.9 Å². The van der Waals surface area contributed by atoms with Crippen molar-refractivity contribution >= 4 is 21.7 Å². The maximum Gasteiger partial charge on any atom is 0.335 e. The highest BCUT2D eigenvalue weighted by atomic mass is 32.2. The van der Waals surface area contributed by atoms with Gasteiger partial charge in [0.15, 0.2) is 0 Å². The highest BCUT2D eigenvalue weighted by molar-refractivity contribution is 7.92. The fraction of sp³-hybridized carbons (Fsp3) is 0.0476. The molecule has 0 spiro atoms. The van der Waals surface area contributed by atoms with Crippen molar-refractivity contribution in [2.45, 2.75) is 11.8 Å². The molecule has 0 aliphatic heterocycles. The largest absolute Gasteiger partial charge is 0.478 e. The molecule has 0 radical (unpaired) electrons. The summed E-state index contributed by atoms with van der Waals surface area (Å²) >= 11 is 0. The Balaban J connectivity index is 1.60. The molecule has 0 bridgehead atoms. The van der Waals surface area contributed by atoms with Gasteiger partial charge in [0.1, 0.15) is 5.69 Å². The van der Waals surface area contributed by atoms with Gasteiger partial charge in [-0.1, -0.05) is 29.0 Å². The Morgan fingerprint density at radius 3 is 2.55 bits per heavy atom. The van der Waals surface area contributed by atoms with Gasteiger partial charge in [-0.15, -0.1) is 5.10 Å². The van der Waals surface area contributed by atoms with Gasteiger partial charge in [-0.05, 0) is 49.4 Å². The number of carboxylic acids is 1. The van der Waals surface area contributed by atoms with Crippen LogP contribution in [0.25, 0.3) is 17.1 Å². The van der Waals surface area contributed by atoms with Crippen LogP contribution in [0.5, 0.6) is 0 Å². The molecule has 2 N–H and O–H groups in total. The molecule has 2 aromatic carbocycles. The SMILES string of the molecule is Cc1ccc(S(=O)(=O)Nc2cccc(-n3cc(-c4cc(C(=O)O)ccn4)nn3)c2)cc1. The molecule has 2 heterocycles. The Hall–Kier alpha value is -4.05. The molecule has 31 heavy (non-hydrogen) atoms. The highest BCUT2D eigenvalue weighted by Crippen LogP contribution is 2.21. The van der Waals surface area contributed by atoms with Crippen molar-refractivity contribution in [1.82, 2.24) is 20.0 Å². The van der Waals surface area contributed by atoms with Gasteiger partial charge in [-0.25, -0.2) is 17.9 Å². The Morgan fingerprint density at radius 1 is 1.03 bits per heavy atom. The van der Waals surface area contributed by atoms with Crippen LogP contribution in [-0.4, -0.2) is 39.5 Å². The zero-order chi connectivity index (χ0) is 22.0. The topological polar surface area (TPSA) is 127 Å². The van der Waals surface area contributed by atoms with Crippen molar-refractivity contribution < 1.29 is 18.3 Å². The number of sulfonamides is 1. The minimum atomic E-state index is -3.74. The molecule has 0 saturated carbocycles. The summed E-state index contributed by atoms with van der Waals surface area (Å²) in [5.41, 5.74) is 2.73. The number of carboxylic acid groups (broad SMARTS) is 1. The van der Waals surface area contributed by atoms with Gasteiger partial charge in [-0.3, -0.25) is 9.71 Å². The zero-order valence-corrected chi connectivity index (χ0v) is 17.1. The van der Waals surface area contributed by atoms with E-state index in [9.17, 15) is 13.2 Å². The minimum absolute atomic E-state index is 0.0899. The number of nitrogens with zero attached hydrogens (tertiary/aromatic N) is 4. The van der Waals surface area contributed by atoms with E-state index in [0.29, 0.717) is 22.8 Å². The number of aryl methyl sites for hydroxylation is 1. The second-order valence-electron chi connectivity index (χ2n) is 6.75. The number of rotatable bonds is 6. The number of aromatic nitrogens is 4. The third-order valence-corrected chi connectivity index (χ3v) is 5.85. The number of aromatic carboxylic acids is 1. The first-order valence-corrected chi connectivity index (χ1v) is 10.6. The molecule has 0 atom stereocenters. The average Bonchev–Trinajstić information content (AvgIpc) is 3.24. The van der Waals surface area contributed by atoms with E-state index < -0.39 is 16.0 Å². The number of hydrogen-bond donors (Lipinski definition) is 2. The molecule has 0 unspecified atom stereocenters. The third-order valence-electron chi connectivity index (χ3n) is 4.46. The molecule has 10 heteroatoms. The summed E-state index contributed by atoms with van der Waals surface area (Å²) in [5, 5.41) is 17.2. The van der Waals surface area contributed by atoms with Crippen molar-refractivity contribution in [3.63, 3.8) is 0 Å². The number of pyridine rings is 1. The zero-order valence-electron chi connectivity index (χ0n) is 16.3. The van der Waals surface area contributed by atoms with E-state index in [1.165, 1.54) is 23.0 Å². The van der Waals surface area contributed by atoms with Crippen LogP contribution >= 0.6 is 0 Å². The van der Waals surface area contributed by atoms with E-state index in [1.54, 1.807) is 54.7 Å². The summed E-state index contributed by atoms with van der Waals surface area (Å²) in [6, 6.07) is 16.0. The van der Waals surface area contributed by atoms with Gasteiger partial charge in [0, 0.05) is 6.20 Å². The molecule has 0 saturated heterocycles. The maximum atomic E-state index is 12.6. The normalized spacial score (nSPS) is 11.3. The summed E-state index contributed by atoms with van der Waals surface area (Å²) in [4.78, 5) is 15.5. The number of benzene rings is 2. The van der Waals surface area contributed by atoms with E-state index in [0.717, 1.165) is 5.56 Å². The maximum absolute atomic E-state index is 12.6. The lowest BCUT2D eigenvalue weighted by Crippen LogP contribution is -2.13. The molecule has 156 valence electrons. The van der Waals surface area contributed by atoms with Gasteiger partial charge < -0.3 is 5.11 Å². The monoisotopic (exact) mass is 435 g/mol. The molecule has 0 aliphatic rings. The van der Waals surface area contributed by atoms with Crippen LogP contribution in [0.3, 0.4) is 0 Å². The summed E-state index contributed by atoms with van der Waals surface area (Å²) in [7, 11) is -3.74. The Morgan fingerprint density at radius 2 is 1.81 bits per heavy atom. The third kappa shape index (κ3) is 4.43. The van der Waals surface area contributed by atoms with Crippen molar-refractivity contribution in [3.8, 4) is 17.1 Å². The molecular formula is C21H17N5O4S. The Labute approximate surface area is 178 Å². The first-order valence-electron chi connectivity index (χ1n) is 9.14. The van der Waals surface area contributed by atoms with E-state index in [2.05, 4.69) is 20.0 Å². The molecule has 2 aromatic heterocycles. The predicted octanol–water partition coefficient (Wildman–Crippen LogP) is 3.14. The molecule has 0 fully saturated rings. The quantitative estimate of drug-likeness (QED) is 0.476. The Bertz CT molecular complexity index is 1360. The van der Waals surface area contributed by atoms with E-state index in [4.69, 9.17) is 5.11 Å². The summed E-state index contributed by atoms with van der Waals surface area (Å²) in [5.74, 6) is -1.07. The first kappa shape index (κ1) is 20.2. The summed E-state index contributed by atoms with van der Waals surface area (Å²) in [6.45, 7) is 1.88. The van der Waals surface area contributed by atoms with Crippen molar-refractivity contribution in [2.24, 2.45) is 0 Å². The number of nitrogens with one attached hydrogen (secondary N) is 1. The van der Waals surface area contributed by atoms with Crippen LogP contribution < -0.4 is 4.72 Å². The van der Waals surface area contributed by atoms with Crippen LogP contribution in [0.15, 0.2) is 78.0 Å². The summed E-state index contributed by atoms with van der Waals surface area (Å²) in [6.07, 6.45) is 2.97. The first-order chi connectivity index (χ1) is 14.8. The van der Waals surface area contributed by atoms with Crippen molar-refractivity contribution in [1.29, 1.82) is 0 Å². The van der Waals surface area contributed by atoms with Crippen molar-refractivity contribution in [2.75, 3.05) is 4.72 Å². The Kier molecular flexibility index (Phi) is 5.22. The van der Waals surface area contributed by atoms with Gasteiger partial charge in [0.2, 0.25) is 0 Å². The second-order valence-corrected chi connectivity index (χ2v) is 8.43.